The quantitative estimate of drug-likeness (QED) is 0.135. The van der Waals surface area contributed by atoms with Gasteiger partial charge in [0.05, 0.1) is 23.9 Å². The van der Waals surface area contributed by atoms with Gasteiger partial charge in [0.15, 0.2) is 0 Å². The summed E-state index contributed by atoms with van der Waals surface area (Å²) in [5.74, 6) is -0.904. The molecule has 0 aliphatic carbocycles. The monoisotopic (exact) mass is 322 g/mol. The Morgan fingerprint density at radius 3 is 1.25 bits per heavy atom. The summed E-state index contributed by atoms with van der Waals surface area (Å²) in [5, 5.41) is 1.67. The van der Waals surface area contributed by atoms with Gasteiger partial charge in [-0.05, 0) is 0 Å². The molecule has 12 nitrogen and oxygen atoms in total. The second kappa shape index (κ2) is 8.59. The van der Waals surface area contributed by atoms with Crippen molar-refractivity contribution in [2.75, 3.05) is 0 Å². The third kappa shape index (κ3) is 8.59. The molecule has 0 unspecified atom stereocenters. The Kier molecular flexibility index (Phi) is 7.53. The summed E-state index contributed by atoms with van der Waals surface area (Å²) in [4.78, 5) is 43.2. The molecule has 10 N–H and O–H groups in total. The molecule has 110 valence electrons. The molecule has 20 heavy (non-hydrogen) atoms. The zero-order valence-electron chi connectivity index (χ0n) is 9.65. The Hall–Kier alpha value is -2.48. The SMILES string of the molecule is NC(=O)NC(N)=NSC(=O)C(=O)SN=C(N)NC(N)=O. The lowest BCUT2D eigenvalue weighted by Crippen LogP contribution is -2.40. The van der Waals surface area contributed by atoms with Crippen LogP contribution >= 0.6 is 23.9 Å². The van der Waals surface area contributed by atoms with Crippen molar-refractivity contribution in [3.63, 3.8) is 0 Å². The van der Waals surface area contributed by atoms with Crippen LogP contribution in [0.1, 0.15) is 0 Å². The molecule has 14 heteroatoms. The first-order valence-corrected chi connectivity index (χ1v) is 5.99. The van der Waals surface area contributed by atoms with E-state index in [1.54, 1.807) is 0 Å². The molecule has 0 bridgehead atoms. The molecule has 0 aliphatic rings. The summed E-state index contributed by atoms with van der Waals surface area (Å²) in [6.45, 7) is 0. The second-order valence-corrected chi connectivity index (χ2v) is 4.16. The highest BCUT2D eigenvalue weighted by Gasteiger charge is 2.16. The second-order valence-electron chi connectivity index (χ2n) is 2.69. The zero-order chi connectivity index (χ0) is 15.7. The van der Waals surface area contributed by atoms with Crippen LogP contribution in [0.15, 0.2) is 8.80 Å². The van der Waals surface area contributed by atoms with Gasteiger partial charge in [0.1, 0.15) is 0 Å². The van der Waals surface area contributed by atoms with Crippen LogP contribution in [-0.2, 0) is 9.59 Å². The average Bonchev–Trinajstić information content (AvgIpc) is 2.31. The van der Waals surface area contributed by atoms with Crippen LogP contribution in [0.25, 0.3) is 0 Å². The first kappa shape index (κ1) is 17.5. The van der Waals surface area contributed by atoms with Crippen LogP contribution in [-0.4, -0.2) is 34.2 Å². The van der Waals surface area contributed by atoms with Crippen LogP contribution in [0.3, 0.4) is 0 Å². The lowest BCUT2D eigenvalue weighted by atomic mass is 10.9. The summed E-state index contributed by atoms with van der Waals surface area (Å²) in [7, 11) is 0. The standard InChI is InChI=1S/C6H10N8O4S2/c7-3(11-5(9)17)13-19-1(15)2(16)20-14-4(8)12-6(10)18/h(H5,7,9,11,13,17)(H5,8,10,12,14,18). The van der Waals surface area contributed by atoms with Crippen molar-refractivity contribution < 1.29 is 19.2 Å². The molecule has 0 aromatic rings. The minimum atomic E-state index is -1.04. The molecule has 0 aliphatic heterocycles. The molecular formula is C6H10N8O4S2. The first-order chi connectivity index (χ1) is 9.22. The van der Waals surface area contributed by atoms with Gasteiger partial charge < -0.3 is 22.9 Å². The van der Waals surface area contributed by atoms with E-state index in [2.05, 4.69) is 8.80 Å². The molecular weight excluding hydrogens is 312 g/mol. The van der Waals surface area contributed by atoms with Crippen LogP contribution in [0.4, 0.5) is 9.59 Å². The Labute approximate surface area is 120 Å². The van der Waals surface area contributed by atoms with Crippen molar-refractivity contribution in [3.8, 4) is 0 Å². The fraction of sp³-hybridized carbons (Fsp3) is 0. The van der Waals surface area contributed by atoms with E-state index in [0.29, 0.717) is 0 Å². The number of guanidine groups is 2. The highest BCUT2D eigenvalue weighted by atomic mass is 32.2. The summed E-state index contributed by atoms with van der Waals surface area (Å²) in [5.41, 5.74) is 19.7. The van der Waals surface area contributed by atoms with Crippen LogP contribution < -0.4 is 33.6 Å². The summed E-state index contributed by atoms with van der Waals surface area (Å²) >= 11 is 0.323. The van der Waals surface area contributed by atoms with Crippen molar-refractivity contribution in [2.45, 2.75) is 0 Å². The number of hydrogen-bond acceptors (Lipinski definition) is 8. The molecule has 0 spiro atoms. The fourth-order valence-electron chi connectivity index (χ4n) is 0.554. The number of rotatable bonds is 2. The molecule has 0 saturated heterocycles. The fourth-order valence-corrected chi connectivity index (χ4v) is 1.38. The van der Waals surface area contributed by atoms with E-state index in [0.717, 1.165) is 0 Å². The summed E-state index contributed by atoms with van der Waals surface area (Å²) < 4.78 is 6.61. The van der Waals surface area contributed by atoms with Gasteiger partial charge in [0.2, 0.25) is 11.9 Å². The number of urea groups is 2. The largest absolute Gasteiger partial charge is 0.369 e. The van der Waals surface area contributed by atoms with Gasteiger partial charge in [-0.3, -0.25) is 20.2 Å². The Morgan fingerprint density at radius 2 is 1.00 bits per heavy atom. The minimum Gasteiger partial charge on any atom is -0.369 e. The molecule has 0 saturated carbocycles. The lowest BCUT2D eigenvalue weighted by Gasteiger charge is -1.99. The Morgan fingerprint density at radius 1 is 0.700 bits per heavy atom. The predicted molar refractivity (Wildman–Crippen MR) is 73.9 cm³/mol. The Bertz CT molecular complexity index is 445. The maximum Gasteiger partial charge on any atom is 0.318 e. The smallest absolute Gasteiger partial charge is 0.318 e. The van der Waals surface area contributed by atoms with Gasteiger partial charge in [0, 0.05) is 0 Å². The van der Waals surface area contributed by atoms with E-state index < -0.39 is 34.2 Å². The van der Waals surface area contributed by atoms with Crippen molar-refractivity contribution >= 4 is 58.1 Å². The summed E-state index contributed by atoms with van der Waals surface area (Å²) in [6, 6.07) is -1.95. The van der Waals surface area contributed by atoms with E-state index in [4.69, 9.17) is 22.9 Å². The Balaban J connectivity index is 4.33. The molecule has 0 atom stereocenters. The topological polar surface area (TPSA) is 221 Å². The zero-order valence-corrected chi connectivity index (χ0v) is 11.3. The maximum atomic E-state index is 11.2. The van der Waals surface area contributed by atoms with Crippen LogP contribution in [0.5, 0.6) is 0 Å². The molecule has 0 radical (unpaired) electrons. The molecule has 4 amide bonds. The highest BCUT2D eigenvalue weighted by Crippen LogP contribution is 2.12. The van der Waals surface area contributed by atoms with E-state index in [1.165, 1.54) is 0 Å². The number of carbonyl (C=O) groups excluding carboxylic acids is 4. The lowest BCUT2D eigenvalue weighted by molar-refractivity contribution is -0.126. The number of primary amides is 2. The number of nitrogens with zero attached hydrogens (tertiary/aromatic N) is 2. The predicted octanol–water partition coefficient (Wildman–Crippen LogP) is -2.70. The molecule has 0 fully saturated rings. The number of hydrogen-bond donors (Lipinski definition) is 6. The van der Waals surface area contributed by atoms with E-state index in [1.807, 2.05) is 10.6 Å². The molecule has 0 rings (SSSR count). The number of nitrogens with one attached hydrogen (secondary N) is 2. The van der Waals surface area contributed by atoms with E-state index in [-0.39, 0.29) is 23.9 Å². The van der Waals surface area contributed by atoms with Crippen molar-refractivity contribution in [1.29, 1.82) is 0 Å². The number of nitrogens with two attached hydrogens (primary N) is 4. The third-order valence-corrected chi connectivity index (χ3v) is 2.53. The van der Waals surface area contributed by atoms with Gasteiger partial charge in [-0.2, -0.15) is 8.80 Å². The number of amides is 4. The van der Waals surface area contributed by atoms with Crippen molar-refractivity contribution in [1.82, 2.24) is 10.6 Å². The van der Waals surface area contributed by atoms with Gasteiger partial charge in [0.25, 0.3) is 10.2 Å². The van der Waals surface area contributed by atoms with Crippen LogP contribution in [0, 0.1) is 0 Å². The van der Waals surface area contributed by atoms with Crippen molar-refractivity contribution in [3.05, 3.63) is 0 Å². The minimum absolute atomic E-state index is 0.161. The normalized spacial score (nSPS) is 11.6. The van der Waals surface area contributed by atoms with E-state index in [9.17, 15) is 19.2 Å². The number of carbonyl (C=O) groups is 4. The molecule has 0 aromatic heterocycles. The highest BCUT2D eigenvalue weighted by molar-refractivity contribution is 8.23. The first-order valence-electron chi connectivity index (χ1n) is 4.44. The van der Waals surface area contributed by atoms with Gasteiger partial charge in [-0.1, -0.05) is 0 Å². The van der Waals surface area contributed by atoms with E-state index >= 15 is 0 Å². The van der Waals surface area contributed by atoms with Gasteiger partial charge in [-0.15, -0.1) is 0 Å². The average molecular weight is 322 g/mol. The summed E-state index contributed by atoms with van der Waals surface area (Å²) in [6.07, 6.45) is 0. The molecule has 0 heterocycles. The van der Waals surface area contributed by atoms with Crippen molar-refractivity contribution in [2.24, 2.45) is 31.7 Å². The van der Waals surface area contributed by atoms with Crippen LogP contribution in [0.2, 0.25) is 0 Å². The third-order valence-electron chi connectivity index (χ3n) is 1.12. The maximum absolute atomic E-state index is 11.2. The van der Waals surface area contributed by atoms with Gasteiger partial charge in [-0.25, -0.2) is 9.59 Å². The molecule has 0 aromatic carbocycles. The van der Waals surface area contributed by atoms with Gasteiger partial charge >= 0.3 is 12.1 Å².